The number of rotatable bonds is 4. The summed E-state index contributed by atoms with van der Waals surface area (Å²) in [5.74, 6) is 0.0285. The number of thiophene rings is 1. The number of anilines is 1. The molecule has 0 aliphatic rings. The molecule has 2 N–H and O–H groups in total. The molecule has 8 heteroatoms. The summed E-state index contributed by atoms with van der Waals surface area (Å²) in [6.45, 7) is 0. The summed E-state index contributed by atoms with van der Waals surface area (Å²) in [6.07, 6.45) is 0. The van der Waals surface area contributed by atoms with Crippen molar-refractivity contribution in [2.75, 3.05) is 4.72 Å². The zero-order valence-electron chi connectivity index (χ0n) is 11.8. The van der Waals surface area contributed by atoms with Gasteiger partial charge in [-0.2, -0.15) is 0 Å². The van der Waals surface area contributed by atoms with E-state index < -0.39 is 0 Å². The van der Waals surface area contributed by atoms with E-state index in [1.54, 1.807) is 24.3 Å². The Labute approximate surface area is 167 Å². The molecular formula is C16H9Cl4NOS2. The van der Waals surface area contributed by atoms with Crippen molar-refractivity contribution in [1.82, 2.24) is 0 Å². The van der Waals surface area contributed by atoms with E-state index in [9.17, 15) is 5.11 Å². The molecule has 0 saturated heterocycles. The van der Waals surface area contributed by atoms with E-state index in [4.69, 9.17) is 46.4 Å². The van der Waals surface area contributed by atoms with E-state index >= 15 is 0 Å². The lowest BCUT2D eigenvalue weighted by Crippen LogP contribution is -1.84. The molecule has 0 unspecified atom stereocenters. The van der Waals surface area contributed by atoms with Crippen LogP contribution >= 0.6 is 69.7 Å². The molecular weight excluding hydrogens is 428 g/mol. The van der Waals surface area contributed by atoms with Crippen molar-refractivity contribution in [2.24, 2.45) is 0 Å². The van der Waals surface area contributed by atoms with Crippen LogP contribution in [0.25, 0.3) is 11.1 Å². The quantitative estimate of drug-likeness (QED) is 0.408. The smallest absolute Gasteiger partial charge is 0.136 e. The van der Waals surface area contributed by atoms with E-state index in [-0.39, 0.29) is 5.75 Å². The van der Waals surface area contributed by atoms with Crippen LogP contribution in [0.5, 0.6) is 5.75 Å². The van der Waals surface area contributed by atoms with Crippen LogP contribution in [-0.2, 0) is 0 Å². The first kappa shape index (κ1) is 18.1. The third kappa shape index (κ3) is 4.26. The number of phenols is 1. The molecule has 1 aromatic heterocycles. The Morgan fingerprint density at radius 3 is 2.29 bits per heavy atom. The van der Waals surface area contributed by atoms with Gasteiger partial charge in [0.2, 0.25) is 0 Å². The largest absolute Gasteiger partial charge is 0.506 e. The van der Waals surface area contributed by atoms with Crippen LogP contribution < -0.4 is 4.72 Å². The van der Waals surface area contributed by atoms with Crippen LogP contribution in [0.1, 0.15) is 0 Å². The molecule has 0 radical (unpaired) electrons. The summed E-state index contributed by atoms with van der Waals surface area (Å²) in [5.41, 5.74) is 2.47. The highest BCUT2D eigenvalue weighted by Crippen LogP contribution is 2.41. The van der Waals surface area contributed by atoms with Crippen molar-refractivity contribution in [1.29, 1.82) is 0 Å². The molecule has 0 bridgehead atoms. The molecule has 1 heterocycles. The summed E-state index contributed by atoms with van der Waals surface area (Å²) >= 11 is 27.1. The van der Waals surface area contributed by atoms with E-state index in [1.165, 1.54) is 23.3 Å². The maximum atomic E-state index is 9.62. The van der Waals surface area contributed by atoms with Gasteiger partial charge in [-0.15, -0.1) is 11.3 Å². The zero-order valence-corrected chi connectivity index (χ0v) is 16.5. The van der Waals surface area contributed by atoms with Gasteiger partial charge in [0.25, 0.3) is 0 Å². The maximum Gasteiger partial charge on any atom is 0.136 e. The van der Waals surface area contributed by atoms with Gasteiger partial charge in [0, 0.05) is 27.4 Å². The maximum absolute atomic E-state index is 9.62. The lowest BCUT2D eigenvalue weighted by molar-refractivity contribution is 0.476. The summed E-state index contributed by atoms with van der Waals surface area (Å²) in [6, 6.07) is 12.2. The summed E-state index contributed by atoms with van der Waals surface area (Å²) in [4.78, 5) is 0. The third-order valence-corrected chi connectivity index (χ3v) is 6.12. The predicted octanol–water partition coefficient (Wildman–Crippen LogP) is 7.85. The van der Waals surface area contributed by atoms with E-state index in [2.05, 4.69) is 4.72 Å². The lowest BCUT2D eigenvalue weighted by atomic mass is 10.1. The molecule has 3 aromatic rings. The molecule has 2 nitrogen and oxygen atoms in total. The topological polar surface area (TPSA) is 32.3 Å². The second kappa shape index (κ2) is 7.65. The fourth-order valence-corrected chi connectivity index (χ4v) is 4.89. The number of hydrogen-bond donors (Lipinski definition) is 2. The Morgan fingerprint density at radius 1 is 0.917 bits per heavy atom. The SMILES string of the molecule is Oc1cc(NSc2cc(-c3cc(Cl)cc(Cl)c3)c(Cl)s2)ccc1Cl. The first-order valence-electron chi connectivity index (χ1n) is 6.59. The molecule has 0 amide bonds. The summed E-state index contributed by atoms with van der Waals surface area (Å²) in [7, 11) is 0. The Balaban J connectivity index is 1.79. The Hall–Kier alpha value is -0.750. The Bertz CT molecular complexity index is 878. The minimum Gasteiger partial charge on any atom is -0.506 e. The van der Waals surface area contributed by atoms with Gasteiger partial charge < -0.3 is 9.83 Å². The van der Waals surface area contributed by atoms with Crippen molar-refractivity contribution in [3.05, 3.63) is 61.9 Å². The Morgan fingerprint density at radius 2 is 1.62 bits per heavy atom. The van der Waals surface area contributed by atoms with E-state index in [0.29, 0.717) is 19.4 Å². The molecule has 124 valence electrons. The van der Waals surface area contributed by atoms with Crippen LogP contribution in [-0.4, -0.2) is 5.11 Å². The minimum atomic E-state index is 0.0285. The van der Waals surface area contributed by atoms with Crippen molar-refractivity contribution >= 4 is 75.4 Å². The normalized spacial score (nSPS) is 10.8. The number of phenolic OH excluding ortho intramolecular Hbond substituents is 1. The highest BCUT2D eigenvalue weighted by Gasteiger charge is 2.12. The number of benzene rings is 2. The van der Waals surface area contributed by atoms with Gasteiger partial charge in [-0.25, -0.2) is 0 Å². The van der Waals surface area contributed by atoms with Gasteiger partial charge in [-0.1, -0.05) is 46.4 Å². The van der Waals surface area contributed by atoms with Gasteiger partial charge >= 0.3 is 0 Å². The van der Waals surface area contributed by atoms with Gasteiger partial charge in [-0.05, 0) is 53.9 Å². The monoisotopic (exact) mass is 435 g/mol. The standard InChI is InChI=1S/C16H9Cl4NOS2/c17-9-3-8(4-10(18)5-9)12-7-15(23-16(12)20)24-21-11-1-2-13(19)14(22)6-11/h1-7,21-22H. The lowest BCUT2D eigenvalue weighted by Gasteiger charge is -2.04. The fraction of sp³-hybridized carbons (Fsp3) is 0. The number of hydrogen-bond acceptors (Lipinski definition) is 4. The number of nitrogens with one attached hydrogen (secondary N) is 1. The molecule has 24 heavy (non-hydrogen) atoms. The van der Waals surface area contributed by atoms with Crippen molar-refractivity contribution in [3.63, 3.8) is 0 Å². The minimum absolute atomic E-state index is 0.0285. The average molecular weight is 437 g/mol. The van der Waals surface area contributed by atoms with Crippen LogP contribution in [0.3, 0.4) is 0 Å². The molecule has 0 saturated carbocycles. The van der Waals surface area contributed by atoms with Crippen molar-refractivity contribution in [3.8, 4) is 16.9 Å². The summed E-state index contributed by atoms with van der Waals surface area (Å²) < 4.78 is 4.75. The molecule has 2 aromatic carbocycles. The highest BCUT2D eigenvalue weighted by atomic mass is 35.5. The van der Waals surface area contributed by atoms with Gasteiger partial charge in [0.05, 0.1) is 9.23 Å². The van der Waals surface area contributed by atoms with Gasteiger partial charge in [0.1, 0.15) is 10.1 Å². The highest BCUT2D eigenvalue weighted by molar-refractivity contribution is 8.02. The zero-order chi connectivity index (χ0) is 17.3. The second-order valence-electron chi connectivity index (χ2n) is 4.78. The molecule has 0 aliphatic carbocycles. The molecule has 0 spiro atoms. The number of aromatic hydroxyl groups is 1. The van der Waals surface area contributed by atoms with Crippen LogP contribution in [0.15, 0.2) is 46.7 Å². The second-order valence-corrected chi connectivity index (χ2v) is 8.82. The Kier molecular flexibility index (Phi) is 5.75. The third-order valence-electron chi connectivity index (χ3n) is 3.05. The first-order valence-corrected chi connectivity index (χ1v) is 9.74. The van der Waals surface area contributed by atoms with E-state index in [0.717, 1.165) is 21.0 Å². The molecule has 0 aliphatic heterocycles. The van der Waals surface area contributed by atoms with E-state index in [1.807, 2.05) is 18.2 Å². The van der Waals surface area contributed by atoms with Crippen molar-refractivity contribution < 1.29 is 5.11 Å². The summed E-state index contributed by atoms with van der Waals surface area (Å²) in [5, 5.41) is 11.0. The number of halogens is 4. The first-order chi connectivity index (χ1) is 11.4. The van der Waals surface area contributed by atoms with Gasteiger partial charge in [-0.3, -0.25) is 0 Å². The van der Waals surface area contributed by atoms with Crippen LogP contribution in [0, 0.1) is 0 Å². The average Bonchev–Trinajstić information content (AvgIpc) is 2.88. The molecule has 0 atom stereocenters. The van der Waals surface area contributed by atoms with Crippen LogP contribution in [0.4, 0.5) is 5.69 Å². The van der Waals surface area contributed by atoms with Crippen LogP contribution in [0.2, 0.25) is 19.4 Å². The fourth-order valence-electron chi connectivity index (χ4n) is 1.99. The van der Waals surface area contributed by atoms with Gasteiger partial charge in [0.15, 0.2) is 0 Å². The predicted molar refractivity (Wildman–Crippen MR) is 107 cm³/mol. The van der Waals surface area contributed by atoms with Crippen molar-refractivity contribution in [2.45, 2.75) is 4.21 Å². The molecule has 0 fully saturated rings. The molecule has 3 rings (SSSR count).